The van der Waals surface area contributed by atoms with E-state index < -0.39 is 6.16 Å². The lowest BCUT2D eigenvalue weighted by Gasteiger charge is -2.04. The molecule has 0 bridgehead atoms. The number of hydrogen-bond donors (Lipinski definition) is 0. The molecule has 1 aromatic carbocycles. The fourth-order valence-electron chi connectivity index (χ4n) is 1.24. The molecule has 16 heavy (non-hydrogen) atoms. The molecule has 1 atom stereocenters. The highest BCUT2D eigenvalue weighted by molar-refractivity contribution is 5.63. The molecule has 1 fully saturated rings. The van der Waals surface area contributed by atoms with Crippen LogP contribution in [0.25, 0.3) is 0 Å². The van der Waals surface area contributed by atoms with Crippen LogP contribution < -0.4 is 4.74 Å². The Morgan fingerprint density at radius 1 is 1.44 bits per heavy atom. The SMILES string of the molecule is CCc1ccc(OC(=O)OCC2CO2)cc1. The minimum Gasteiger partial charge on any atom is -0.431 e. The van der Waals surface area contributed by atoms with Crippen LogP contribution in [0.1, 0.15) is 12.5 Å². The summed E-state index contributed by atoms with van der Waals surface area (Å²) in [6, 6.07) is 7.36. The molecule has 4 nitrogen and oxygen atoms in total. The molecule has 86 valence electrons. The molecule has 1 heterocycles. The minimum atomic E-state index is -0.681. The summed E-state index contributed by atoms with van der Waals surface area (Å²) in [5.41, 5.74) is 1.20. The van der Waals surface area contributed by atoms with Gasteiger partial charge in [0.05, 0.1) is 6.61 Å². The summed E-state index contributed by atoms with van der Waals surface area (Å²) in [5, 5.41) is 0. The standard InChI is InChI=1S/C12H14O4/c1-2-9-3-5-10(6-4-9)16-12(13)15-8-11-7-14-11/h3-6,11H,2,7-8H2,1H3. The second-order valence-corrected chi connectivity index (χ2v) is 3.62. The van der Waals surface area contributed by atoms with Crippen molar-refractivity contribution in [3.8, 4) is 5.75 Å². The van der Waals surface area contributed by atoms with Gasteiger partial charge in [-0.3, -0.25) is 0 Å². The zero-order valence-electron chi connectivity index (χ0n) is 9.14. The van der Waals surface area contributed by atoms with Gasteiger partial charge in [0.2, 0.25) is 0 Å². The average Bonchev–Trinajstić information content (AvgIpc) is 3.11. The topological polar surface area (TPSA) is 48.1 Å². The highest BCUT2D eigenvalue weighted by atomic mass is 16.7. The zero-order chi connectivity index (χ0) is 11.4. The van der Waals surface area contributed by atoms with Crippen LogP contribution in [0.3, 0.4) is 0 Å². The summed E-state index contributed by atoms with van der Waals surface area (Å²) in [5.74, 6) is 0.499. The van der Waals surface area contributed by atoms with E-state index in [1.54, 1.807) is 12.1 Å². The Labute approximate surface area is 94.1 Å². The fourth-order valence-corrected chi connectivity index (χ4v) is 1.24. The molecule has 2 rings (SSSR count). The van der Waals surface area contributed by atoms with Crippen molar-refractivity contribution in [1.29, 1.82) is 0 Å². The lowest BCUT2D eigenvalue weighted by molar-refractivity contribution is 0.0919. The van der Waals surface area contributed by atoms with Gasteiger partial charge in [0.25, 0.3) is 0 Å². The molecule has 0 aromatic heterocycles. The van der Waals surface area contributed by atoms with Crippen LogP contribution in [0, 0.1) is 0 Å². The summed E-state index contributed by atoms with van der Waals surface area (Å²) in [6.07, 6.45) is 0.346. The molecule has 1 unspecified atom stereocenters. The predicted octanol–water partition coefficient (Wildman–Crippen LogP) is 2.16. The smallest absolute Gasteiger partial charge is 0.431 e. The number of hydrogen-bond acceptors (Lipinski definition) is 4. The lowest BCUT2D eigenvalue weighted by atomic mass is 10.2. The third kappa shape index (κ3) is 3.24. The first-order valence-electron chi connectivity index (χ1n) is 5.33. The van der Waals surface area contributed by atoms with Crippen LogP contribution in [0.2, 0.25) is 0 Å². The first-order valence-corrected chi connectivity index (χ1v) is 5.33. The number of rotatable bonds is 4. The molecule has 1 aliphatic rings. The van der Waals surface area contributed by atoms with Gasteiger partial charge in [-0.25, -0.2) is 4.79 Å². The van der Waals surface area contributed by atoms with Crippen molar-refractivity contribution < 1.29 is 19.0 Å². The van der Waals surface area contributed by atoms with Gasteiger partial charge in [0, 0.05) is 0 Å². The number of epoxide rings is 1. The molecular formula is C12H14O4. The Balaban J connectivity index is 1.79. The van der Waals surface area contributed by atoms with Crippen LogP contribution >= 0.6 is 0 Å². The number of carbonyl (C=O) groups is 1. The molecule has 1 saturated heterocycles. The molecule has 0 N–H and O–H groups in total. The molecule has 1 aliphatic heterocycles. The van der Waals surface area contributed by atoms with Crippen molar-refractivity contribution in [2.45, 2.75) is 19.4 Å². The van der Waals surface area contributed by atoms with Gasteiger partial charge in [-0.1, -0.05) is 19.1 Å². The molecule has 0 saturated carbocycles. The Morgan fingerprint density at radius 3 is 2.69 bits per heavy atom. The van der Waals surface area contributed by atoms with E-state index in [2.05, 4.69) is 6.92 Å². The Hall–Kier alpha value is -1.55. The van der Waals surface area contributed by atoms with Crippen LogP contribution in [0.4, 0.5) is 4.79 Å². The Bertz CT molecular complexity index is 354. The molecule has 0 aliphatic carbocycles. The van der Waals surface area contributed by atoms with Crippen LogP contribution in [-0.4, -0.2) is 25.5 Å². The number of carbonyl (C=O) groups excluding carboxylic acids is 1. The summed E-state index contributed by atoms with van der Waals surface area (Å²) in [7, 11) is 0. The summed E-state index contributed by atoms with van der Waals surface area (Å²) < 4.78 is 14.7. The number of ether oxygens (including phenoxy) is 3. The average molecular weight is 222 g/mol. The number of benzene rings is 1. The van der Waals surface area contributed by atoms with E-state index >= 15 is 0 Å². The van der Waals surface area contributed by atoms with Crippen molar-refractivity contribution in [1.82, 2.24) is 0 Å². The van der Waals surface area contributed by atoms with E-state index in [-0.39, 0.29) is 12.7 Å². The van der Waals surface area contributed by atoms with Crippen LogP contribution in [0.15, 0.2) is 24.3 Å². The molecule has 0 amide bonds. The fraction of sp³-hybridized carbons (Fsp3) is 0.417. The molecule has 4 heteroatoms. The van der Waals surface area contributed by atoms with Crippen molar-refractivity contribution in [2.24, 2.45) is 0 Å². The van der Waals surface area contributed by atoms with Crippen molar-refractivity contribution in [2.75, 3.05) is 13.2 Å². The van der Waals surface area contributed by atoms with Crippen molar-refractivity contribution in [3.63, 3.8) is 0 Å². The second kappa shape index (κ2) is 4.99. The third-order valence-corrected chi connectivity index (χ3v) is 2.32. The summed E-state index contributed by atoms with van der Waals surface area (Å²) in [6.45, 7) is 3.00. The summed E-state index contributed by atoms with van der Waals surface area (Å²) >= 11 is 0. The maximum Gasteiger partial charge on any atom is 0.513 e. The highest BCUT2D eigenvalue weighted by Crippen LogP contribution is 2.14. The normalized spacial score (nSPS) is 17.9. The molecule has 0 spiro atoms. The maximum absolute atomic E-state index is 11.2. The minimum absolute atomic E-state index is 0.0648. The second-order valence-electron chi connectivity index (χ2n) is 3.62. The highest BCUT2D eigenvalue weighted by Gasteiger charge is 2.24. The first-order chi connectivity index (χ1) is 7.78. The Kier molecular flexibility index (Phi) is 3.41. The van der Waals surface area contributed by atoms with E-state index in [4.69, 9.17) is 14.2 Å². The van der Waals surface area contributed by atoms with Crippen LogP contribution in [-0.2, 0) is 15.9 Å². The lowest BCUT2D eigenvalue weighted by Crippen LogP contribution is -2.14. The van der Waals surface area contributed by atoms with E-state index in [9.17, 15) is 4.79 Å². The van der Waals surface area contributed by atoms with Crippen molar-refractivity contribution in [3.05, 3.63) is 29.8 Å². The van der Waals surface area contributed by atoms with Crippen LogP contribution in [0.5, 0.6) is 5.75 Å². The predicted molar refractivity (Wildman–Crippen MR) is 57.5 cm³/mol. The number of aryl methyl sites for hydroxylation is 1. The van der Waals surface area contributed by atoms with E-state index in [0.29, 0.717) is 12.4 Å². The first kappa shape index (κ1) is 11.0. The summed E-state index contributed by atoms with van der Waals surface area (Å²) in [4.78, 5) is 11.2. The van der Waals surface area contributed by atoms with Gasteiger partial charge in [0.1, 0.15) is 18.5 Å². The quantitative estimate of drug-likeness (QED) is 0.445. The van der Waals surface area contributed by atoms with Gasteiger partial charge in [-0.05, 0) is 24.1 Å². The molecular weight excluding hydrogens is 208 g/mol. The van der Waals surface area contributed by atoms with Gasteiger partial charge in [-0.2, -0.15) is 0 Å². The monoisotopic (exact) mass is 222 g/mol. The molecule has 1 aromatic rings. The zero-order valence-corrected chi connectivity index (χ0v) is 9.14. The van der Waals surface area contributed by atoms with Gasteiger partial charge < -0.3 is 14.2 Å². The van der Waals surface area contributed by atoms with Crippen molar-refractivity contribution >= 4 is 6.16 Å². The van der Waals surface area contributed by atoms with Gasteiger partial charge >= 0.3 is 6.16 Å². The maximum atomic E-state index is 11.2. The molecule has 0 radical (unpaired) electrons. The van der Waals surface area contributed by atoms with E-state index in [1.165, 1.54) is 5.56 Å². The largest absolute Gasteiger partial charge is 0.513 e. The van der Waals surface area contributed by atoms with E-state index in [0.717, 1.165) is 6.42 Å². The van der Waals surface area contributed by atoms with Gasteiger partial charge in [-0.15, -0.1) is 0 Å². The third-order valence-electron chi connectivity index (χ3n) is 2.32. The van der Waals surface area contributed by atoms with E-state index in [1.807, 2.05) is 12.1 Å². The Morgan fingerprint density at radius 2 is 2.12 bits per heavy atom. The van der Waals surface area contributed by atoms with Gasteiger partial charge in [0.15, 0.2) is 0 Å².